The van der Waals surface area contributed by atoms with Crippen molar-refractivity contribution >= 4 is 45.4 Å². The number of amidine groups is 1. The van der Waals surface area contributed by atoms with Gasteiger partial charge in [-0.2, -0.15) is 4.99 Å². The monoisotopic (exact) mass is 391 g/mol. The number of nitrogens with zero attached hydrogens (tertiary/aromatic N) is 1. The third-order valence-electron chi connectivity index (χ3n) is 4.28. The summed E-state index contributed by atoms with van der Waals surface area (Å²) in [6, 6.07) is 16.9. The number of rotatable bonds is 4. The number of amides is 1. The van der Waals surface area contributed by atoms with E-state index in [9.17, 15) is 4.79 Å². The predicted molar refractivity (Wildman–Crippen MR) is 114 cm³/mol. The van der Waals surface area contributed by atoms with Crippen molar-refractivity contribution in [2.75, 3.05) is 12.8 Å². The molecule has 1 amide bonds. The number of nitrogens with two attached hydrogens (primary N) is 2. The first kappa shape index (κ1) is 17.9. The molecule has 0 aliphatic carbocycles. The number of benzene rings is 3. The fraction of sp³-hybridized carbons (Fsp3) is 0.0476. The number of nitrogen functional groups attached to an aromatic ring is 1. The Hall–Kier alpha value is -3.45. The van der Waals surface area contributed by atoms with Gasteiger partial charge in [0.2, 0.25) is 0 Å². The summed E-state index contributed by atoms with van der Waals surface area (Å²) < 4.78 is 11.6. The highest BCUT2D eigenvalue weighted by Crippen LogP contribution is 2.38. The first-order valence-corrected chi connectivity index (χ1v) is 9.28. The zero-order valence-electron chi connectivity index (χ0n) is 15.0. The van der Waals surface area contributed by atoms with E-state index >= 15 is 0 Å². The maximum Gasteiger partial charge on any atom is 0.311 e. The number of thioether (sulfide) groups is 1. The number of anilines is 1. The molecule has 0 bridgehead atoms. The molecule has 0 unspecified atom stereocenters. The number of ether oxygens (including phenoxy) is 2. The minimum Gasteiger partial charge on any atom is -0.493 e. The highest BCUT2D eigenvalue weighted by Gasteiger charge is 2.19. The standard InChI is InChI=1S/C21H17N3O3S/c1-26-18-10-12(11-19-20(23)24-21(25)28-19)6-8-17(18)27-16-9-7-15(22)13-4-2-3-5-14(13)16/h2-11H,22H2,1H3,(H2,23,24,25)/b19-11-. The Labute approximate surface area is 165 Å². The van der Waals surface area contributed by atoms with Gasteiger partial charge in [0.05, 0.1) is 12.0 Å². The molecular formula is C21H17N3O3S. The maximum absolute atomic E-state index is 11.4. The van der Waals surface area contributed by atoms with Crippen LogP contribution in [-0.2, 0) is 0 Å². The van der Waals surface area contributed by atoms with Crippen molar-refractivity contribution in [1.29, 1.82) is 0 Å². The number of carbonyl (C=O) groups excluding carboxylic acids is 1. The fourth-order valence-electron chi connectivity index (χ4n) is 2.94. The van der Waals surface area contributed by atoms with E-state index in [-0.39, 0.29) is 11.1 Å². The molecule has 1 heterocycles. The Bertz CT molecular complexity index is 1150. The molecule has 0 fully saturated rings. The lowest BCUT2D eigenvalue weighted by molar-refractivity contribution is 0.268. The van der Waals surface area contributed by atoms with Crippen molar-refractivity contribution in [3.8, 4) is 17.2 Å². The second-order valence-electron chi connectivity index (χ2n) is 6.08. The largest absolute Gasteiger partial charge is 0.493 e. The molecule has 3 aromatic carbocycles. The highest BCUT2D eigenvalue weighted by atomic mass is 32.2. The number of aliphatic imine (C=N–C) groups is 1. The Morgan fingerprint density at radius 2 is 1.71 bits per heavy atom. The zero-order valence-corrected chi connectivity index (χ0v) is 15.8. The first-order chi connectivity index (χ1) is 13.5. The van der Waals surface area contributed by atoms with E-state index < -0.39 is 0 Å². The lowest BCUT2D eigenvalue weighted by atomic mass is 10.1. The molecular weight excluding hydrogens is 374 g/mol. The third-order valence-corrected chi connectivity index (χ3v) is 5.10. The molecule has 4 N–H and O–H groups in total. The van der Waals surface area contributed by atoms with Crippen LogP contribution < -0.4 is 20.9 Å². The molecule has 7 heteroatoms. The molecule has 0 saturated carbocycles. The number of hydrogen-bond donors (Lipinski definition) is 2. The van der Waals surface area contributed by atoms with E-state index in [0.29, 0.717) is 27.8 Å². The van der Waals surface area contributed by atoms with Gasteiger partial charge in [-0.15, -0.1) is 0 Å². The van der Waals surface area contributed by atoms with Gasteiger partial charge in [0.1, 0.15) is 11.6 Å². The van der Waals surface area contributed by atoms with Crippen LogP contribution in [-0.4, -0.2) is 18.2 Å². The van der Waals surface area contributed by atoms with Crippen LogP contribution in [0, 0.1) is 0 Å². The highest BCUT2D eigenvalue weighted by molar-refractivity contribution is 8.18. The Morgan fingerprint density at radius 3 is 2.43 bits per heavy atom. The average Bonchev–Trinajstić information content (AvgIpc) is 3.02. The minimum atomic E-state index is -0.314. The average molecular weight is 391 g/mol. The fourth-order valence-corrected chi connectivity index (χ4v) is 3.62. The Kier molecular flexibility index (Phi) is 4.67. The van der Waals surface area contributed by atoms with Gasteiger partial charge in [-0.25, -0.2) is 0 Å². The van der Waals surface area contributed by atoms with Crippen molar-refractivity contribution in [3.63, 3.8) is 0 Å². The molecule has 0 aromatic heterocycles. The van der Waals surface area contributed by atoms with Gasteiger partial charge in [0.15, 0.2) is 11.5 Å². The lowest BCUT2D eigenvalue weighted by Gasteiger charge is -2.14. The summed E-state index contributed by atoms with van der Waals surface area (Å²) in [7, 11) is 1.57. The maximum atomic E-state index is 11.4. The van der Waals surface area contributed by atoms with Crippen molar-refractivity contribution in [2.45, 2.75) is 0 Å². The van der Waals surface area contributed by atoms with Gasteiger partial charge in [-0.05, 0) is 47.7 Å². The number of fused-ring (bicyclic) bond motifs is 1. The predicted octanol–water partition coefficient (Wildman–Crippen LogP) is 4.79. The first-order valence-electron chi connectivity index (χ1n) is 8.46. The van der Waals surface area contributed by atoms with Crippen LogP contribution in [0.15, 0.2) is 64.5 Å². The lowest BCUT2D eigenvalue weighted by Crippen LogP contribution is -2.08. The van der Waals surface area contributed by atoms with E-state index in [1.165, 1.54) is 0 Å². The Morgan fingerprint density at radius 1 is 0.964 bits per heavy atom. The molecule has 6 nitrogen and oxygen atoms in total. The Balaban J connectivity index is 1.68. The molecule has 0 spiro atoms. The molecule has 1 aliphatic rings. The number of hydrogen-bond acceptors (Lipinski definition) is 6. The molecule has 0 radical (unpaired) electrons. The molecule has 1 aliphatic heterocycles. The van der Waals surface area contributed by atoms with Crippen molar-refractivity contribution < 1.29 is 14.3 Å². The van der Waals surface area contributed by atoms with Gasteiger partial charge < -0.3 is 20.9 Å². The molecule has 3 aromatic rings. The third kappa shape index (κ3) is 3.39. The van der Waals surface area contributed by atoms with Crippen LogP contribution in [0.4, 0.5) is 10.5 Å². The summed E-state index contributed by atoms with van der Waals surface area (Å²) >= 11 is 1.00. The summed E-state index contributed by atoms with van der Waals surface area (Å²) in [5.74, 6) is 2.03. The second kappa shape index (κ2) is 7.28. The van der Waals surface area contributed by atoms with Crippen LogP contribution in [0.2, 0.25) is 0 Å². The van der Waals surface area contributed by atoms with Gasteiger partial charge >= 0.3 is 5.24 Å². The summed E-state index contributed by atoms with van der Waals surface area (Å²) in [4.78, 5) is 15.7. The quantitative estimate of drug-likeness (QED) is 0.620. The van der Waals surface area contributed by atoms with Crippen molar-refractivity contribution in [3.05, 3.63) is 65.1 Å². The number of methoxy groups -OCH3 is 1. The van der Waals surface area contributed by atoms with E-state index in [0.717, 1.165) is 28.1 Å². The van der Waals surface area contributed by atoms with Gasteiger partial charge in [0.25, 0.3) is 0 Å². The van der Waals surface area contributed by atoms with Crippen LogP contribution in [0.3, 0.4) is 0 Å². The summed E-state index contributed by atoms with van der Waals surface area (Å²) in [6.07, 6.45) is 1.79. The summed E-state index contributed by atoms with van der Waals surface area (Å²) in [5.41, 5.74) is 13.3. The zero-order chi connectivity index (χ0) is 19.7. The van der Waals surface area contributed by atoms with E-state index in [2.05, 4.69) is 4.99 Å². The second-order valence-corrected chi connectivity index (χ2v) is 7.08. The van der Waals surface area contributed by atoms with E-state index in [4.69, 9.17) is 20.9 Å². The van der Waals surface area contributed by atoms with Gasteiger partial charge in [0, 0.05) is 16.5 Å². The summed E-state index contributed by atoms with van der Waals surface area (Å²) in [5, 5.41) is 1.53. The van der Waals surface area contributed by atoms with E-state index in [1.54, 1.807) is 13.2 Å². The topological polar surface area (TPSA) is 99.9 Å². The van der Waals surface area contributed by atoms with Gasteiger partial charge in [-0.3, -0.25) is 4.79 Å². The smallest absolute Gasteiger partial charge is 0.311 e. The molecule has 28 heavy (non-hydrogen) atoms. The SMILES string of the molecule is COc1cc(/C=C2\SC(=O)N=C2N)ccc1Oc1ccc(N)c2ccccc12. The van der Waals surface area contributed by atoms with Gasteiger partial charge in [-0.1, -0.05) is 30.3 Å². The van der Waals surface area contributed by atoms with E-state index in [1.807, 2.05) is 54.6 Å². The van der Waals surface area contributed by atoms with Crippen LogP contribution in [0.1, 0.15) is 5.56 Å². The molecule has 0 saturated heterocycles. The number of carbonyl (C=O) groups is 1. The molecule has 0 atom stereocenters. The molecule has 140 valence electrons. The molecule has 4 rings (SSSR count). The summed E-state index contributed by atoms with van der Waals surface area (Å²) in [6.45, 7) is 0. The van der Waals surface area contributed by atoms with Crippen molar-refractivity contribution in [2.24, 2.45) is 10.7 Å². The van der Waals surface area contributed by atoms with Crippen LogP contribution >= 0.6 is 11.8 Å². The normalized spacial score (nSPS) is 15.1. The van der Waals surface area contributed by atoms with Crippen LogP contribution in [0.25, 0.3) is 16.8 Å². The van der Waals surface area contributed by atoms with Crippen molar-refractivity contribution in [1.82, 2.24) is 0 Å². The van der Waals surface area contributed by atoms with Crippen LogP contribution in [0.5, 0.6) is 17.2 Å². The minimum absolute atomic E-state index is 0.225.